The second-order valence-electron chi connectivity index (χ2n) is 5.54. The van der Waals surface area contributed by atoms with Gasteiger partial charge in [-0.15, -0.1) is 0 Å². The molecule has 0 aliphatic carbocycles. The smallest absolute Gasteiger partial charge is 0.122 e. The van der Waals surface area contributed by atoms with Crippen molar-refractivity contribution < 1.29 is 4.74 Å². The summed E-state index contributed by atoms with van der Waals surface area (Å²) < 4.78 is 8.11. The van der Waals surface area contributed by atoms with E-state index in [0.717, 1.165) is 37.8 Å². The van der Waals surface area contributed by atoms with E-state index in [0.29, 0.717) is 12.2 Å². The van der Waals surface area contributed by atoms with Crippen LogP contribution in [0.25, 0.3) is 0 Å². The van der Waals surface area contributed by atoms with Gasteiger partial charge in [0, 0.05) is 31.4 Å². The standard InChI is InChI=1S/C14H23N3O/c1-2-6-17-7-5-16-14(17)10-15-9-11-8-12-3-4-13(11)18-12/h5,7,11-13,15H,2-4,6,8-10H2,1H3. The number of fused-ring (bicyclic) bond motifs is 2. The summed E-state index contributed by atoms with van der Waals surface area (Å²) in [6.45, 7) is 5.21. The van der Waals surface area contributed by atoms with Crippen molar-refractivity contribution in [2.75, 3.05) is 6.54 Å². The molecule has 0 aromatic carbocycles. The summed E-state index contributed by atoms with van der Waals surface area (Å²) in [6, 6.07) is 0. The Morgan fingerprint density at radius 1 is 1.50 bits per heavy atom. The van der Waals surface area contributed by atoms with Gasteiger partial charge in [-0.2, -0.15) is 0 Å². The lowest BCUT2D eigenvalue weighted by atomic mass is 9.89. The maximum Gasteiger partial charge on any atom is 0.122 e. The van der Waals surface area contributed by atoms with Crippen molar-refractivity contribution in [1.29, 1.82) is 0 Å². The average Bonchev–Trinajstić information content (AvgIpc) is 3.06. The van der Waals surface area contributed by atoms with Crippen molar-refractivity contribution in [3.05, 3.63) is 18.2 Å². The van der Waals surface area contributed by atoms with Gasteiger partial charge in [-0.25, -0.2) is 4.98 Å². The molecular weight excluding hydrogens is 226 g/mol. The van der Waals surface area contributed by atoms with Gasteiger partial charge >= 0.3 is 0 Å². The predicted molar refractivity (Wildman–Crippen MR) is 70.2 cm³/mol. The van der Waals surface area contributed by atoms with E-state index in [1.807, 2.05) is 6.20 Å². The summed E-state index contributed by atoms with van der Waals surface area (Å²) in [6.07, 6.45) is 10.0. The number of nitrogens with one attached hydrogen (secondary N) is 1. The van der Waals surface area contributed by atoms with Gasteiger partial charge in [0.05, 0.1) is 18.8 Å². The van der Waals surface area contributed by atoms with Gasteiger partial charge in [-0.1, -0.05) is 6.92 Å². The van der Waals surface area contributed by atoms with Gasteiger partial charge in [-0.05, 0) is 25.7 Å². The molecule has 0 saturated carbocycles. The molecule has 0 spiro atoms. The minimum atomic E-state index is 0.526. The third-order valence-corrected chi connectivity index (χ3v) is 4.19. The van der Waals surface area contributed by atoms with Crippen molar-refractivity contribution in [3.8, 4) is 0 Å². The van der Waals surface area contributed by atoms with E-state index >= 15 is 0 Å². The van der Waals surface area contributed by atoms with Crippen molar-refractivity contribution in [2.24, 2.45) is 5.92 Å². The number of aromatic nitrogens is 2. The molecular formula is C14H23N3O. The first kappa shape index (κ1) is 12.2. The third kappa shape index (κ3) is 2.45. The summed E-state index contributed by atoms with van der Waals surface area (Å²) in [5.74, 6) is 1.87. The Hall–Kier alpha value is -0.870. The number of nitrogens with zero attached hydrogens (tertiary/aromatic N) is 2. The lowest BCUT2D eigenvalue weighted by molar-refractivity contribution is 0.0923. The van der Waals surface area contributed by atoms with Crippen molar-refractivity contribution in [2.45, 2.75) is 57.9 Å². The molecule has 0 amide bonds. The van der Waals surface area contributed by atoms with Gasteiger partial charge in [-0.3, -0.25) is 0 Å². The molecule has 18 heavy (non-hydrogen) atoms. The number of hydrogen-bond donors (Lipinski definition) is 1. The van der Waals surface area contributed by atoms with E-state index in [1.54, 1.807) is 0 Å². The first-order valence-corrected chi connectivity index (χ1v) is 7.23. The Morgan fingerprint density at radius 3 is 3.17 bits per heavy atom. The molecule has 3 atom stereocenters. The van der Waals surface area contributed by atoms with Crippen LogP contribution < -0.4 is 5.32 Å². The molecule has 2 bridgehead atoms. The topological polar surface area (TPSA) is 39.1 Å². The van der Waals surface area contributed by atoms with Gasteiger partial charge in [0.25, 0.3) is 0 Å². The monoisotopic (exact) mass is 249 g/mol. The molecule has 1 aromatic rings. The highest BCUT2D eigenvalue weighted by Crippen LogP contribution is 2.38. The van der Waals surface area contributed by atoms with Crippen LogP contribution in [0.15, 0.2) is 12.4 Å². The van der Waals surface area contributed by atoms with Crippen molar-refractivity contribution in [1.82, 2.24) is 14.9 Å². The van der Waals surface area contributed by atoms with Crippen LogP contribution in [0, 0.1) is 5.92 Å². The van der Waals surface area contributed by atoms with Crippen LogP contribution in [0.4, 0.5) is 0 Å². The highest BCUT2D eigenvalue weighted by molar-refractivity contribution is 4.94. The van der Waals surface area contributed by atoms with E-state index in [2.05, 4.69) is 28.0 Å². The van der Waals surface area contributed by atoms with Gasteiger partial charge in [0.15, 0.2) is 0 Å². The van der Waals surface area contributed by atoms with Crippen LogP contribution >= 0.6 is 0 Å². The second kappa shape index (κ2) is 5.41. The molecule has 3 heterocycles. The van der Waals surface area contributed by atoms with Crippen molar-refractivity contribution >= 4 is 0 Å². The Labute approximate surface area is 109 Å². The quantitative estimate of drug-likeness (QED) is 0.837. The van der Waals surface area contributed by atoms with Crippen LogP contribution in [0.3, 0.4) is 0 Å². The Kier molecular flexibility index (Phi) is 3.66. The summed E-state index contributed by atoms with van der Waals surface area (Å²) in [5, 5.41) is 3.55. The Bertz CT molecular complexity index is 390. The third-order valence-electron chi connectivity index (χ3n) is 4.19. The second-order valence-corrected chi connectivity index (χ2v) is 5.54. The van der Waals surface area contributed by atoms with Crippen LogP contribution in [0.5, 0.6) is 0 Å². The first-order chi connectivity index (χ1) is 8.86. The number of imidazole rings is 1. The lowest BCUT2D eigenvalue weighted by Crippen LogP contribution is -2.29. The van der Waals surface area contributed by atoms with Crippen molar-refractivity contribution in [3.63, 3.8) is 0 Å². The number of hydrogen-bond acceptors (Lipinski definition) is 3. The maximum absolute atomic E-state index is 5.87. The number of ether oxygens (including phenoxy) is 1. The largest absolute Gasteiger partial charge is 0.375 e. The first-order valence-electron chi connectivity index (χ1n) is 7.23. The van der Waals surface area contributed by atoms with Crippen LogP contribution in [-0.4, -0.2) is 28.3 Å². The zero-order valence-electron chi connectivity index (χ0n) is 11.1. The van der Waals surface area contributed by atoms with E-state index < -0.39 is 0 Å². The zero-order chi connectivity index (χ0) is 12.4. The Morgan fingerprint density at radius 2 is 2.44 bits per heavy atom. The molecule has 4 nitrogen and oxygen atoms in total. The summed E-state index contributed by atoms with van der Waals surface area (Å²) >= 11 is 0. The molecule has 1 aromatic heterocycles. The molecule has 1 N–H and O–H groups in total. The van der Waals surface area contributed by atoms with Crippen LogP contribution in [-0.2, 0) is 17.8 Å². The molecule has 2 aliphatic rings. The minimum absolute atomic E-state index is 0.526. The molecule has 100 valence electrons. The Balaban J connectivity index is 1.45. The summed E-state index contributed by atoms with van der Waals surface area (Å²) in [4.78, 5) is 4.42. The maximum atomic E-state index is 5.87. The van der Waals surface area contributed by atoms with E-state index in [4.69, 9.17) is 4.74 Å². The van der Waals surface area contributed by atoms with E-state index in [1.165, 1.54) is 19.3 Å². The fourth-order valence-electron chi connectivity index (χ4n) is 3.28. The lowest BCUT2D eigenvalue weighted by Gasteiger charge is -2.19. The SMILES string of the molecule is CCCn1ccnc1CNCC1CC2CCC1O2. The van der Waals surface area contributed by atoms with Crippen LogP contribution in [0.1, 0.15) is 38.4 Å². The van der Waals surface area contributed by atoms with Gasteiger partial charge < -0.3 is 14.6 Å². The molecule has 3 unspecified atom stereocenters. The average molecular weight is 249 g/mol. The fraction of sp³-hybridized carbons (Fsp3) is 0.786. The zero-order valence-corrected chi connectivity index (χ0v) is 11.1. The van der Waals surface area contributed by atoms with Gasteiger partial charge in [0.1, 0.15) is 5.82 Å². The molecule has 4 heteroatoms. The van der Waals surface area contributed by atoms with Crippen LogP contribution in [0.2, 0.25) is 0 Å². The highest BCUT2D eigenvalue weighted by Gasteiger charge is 2.40. The van der Waals surface area contributed by atoms with E-state index in [-0.39, 0.29) is 0 Å². The molecule has 2 saturated heterocycles. The minimum Gasteiger partial charge on any atom is -0.375 e. The summed E-state index contributed by atoms with van der Waals surface area (Å²) in [5.41, 5.74) is 0. The number of rotatable bonds is 6. The molecule has 2 aliphatic heterocycles. The fourth-order valence-corrected chi connectivity index (χ4v) is 3.28. The van der Waals surface area contributed by atoms with E-state index in [9.17, 15) is 0 Å². The number of aryl methyl sites for hydroxylation is 1. The molecule has 0 radical (unpaired) electrons. The predicted octanol–water partition coefficient (Wildman–Crippen LogP) is 1.95. The normalized spacial score (nSPS) is 30.2. The van der Waals surface area contributed by atoms with Gasteiger partial charge in [0.2, 0.25) is 0 Å². The highest BCUT2D eigenvalue weighted by atomic mass is 16.5. The summed E-state index contributed by atoms with van der Waals surface area (Å²) in [7, 11) is 0. The molecule has 2 fully saturated rings. The molecule has 3 rings (SSSR count).